The molecule has 21 heavy (non-hydrogen) atoms. The molecule has 4 heteroatoms. The average molecular weight is 298 g/mol. The van der Waals surface area contributed by atoms with Gasteiger partial charge in [-0.1, -0.05) is 29.8 Å². The maximum atomic E-state index is 6.26. The maximum absolute atomic E-state index is 6.26. The predicted molar refractivity (Wildman–Crippen MR) is 86.9 cm³/mol. The van der Waals surface area contributed by atoms with Crippen LogP contribution in [0.15, 0.2) is 48.7 Å². The second kappa shape index (κ2) is 5.08. The Balaban J connectivity index is 1.43. The number of aromatic nitrogens is 2. The lowest BCUT2D eigenvalue weighted by Gasteiger charge is -2.37. The van der Waals surface area contributed by atoms with Gasteiger partial charge < -0.3 is 5.32 Å². The summed E-state index contributed by atoms with van der Waals surface area (Å²) in [6, 6.07) is 15.0. The summed E-state index contributed by atoms with van der Waals surface area (Å²) in [6.07, 6.45) is 4.10. The fourth-order valence-corrected chi connectivity index (χ4v) is 3.35. The van der Waals surface area contributed by atoms with Crippen molar-refractivity contribution in [3.05, 3.63) is 59.2 Å². The Morgan fingerprint density at radius 2 is 2.00 bits per heavy atom. The molecule has 2 N–H and O–H groups in total. The van der Waals surface area contributed by atoms with Gasteiger partial charge in [-0.15, -0.1) is 0 Å². The van der Waals surface area contributed by atoms with E-state index < -0.39 is 0 Å². The highest BCUT2D eigenvalue weighted by molar-refractivity contribution is 6.31. The normalized spacial score (nSPS) is 21.2. The molecule has 0 atom stereocenters. The SMILES string of the molecule is Clc1ccccc1C1CC(Nc2ccc3cn[nH]c3c2)C1. The maximum Gasteiger partial charge on any atom is 0.0670 e. The van der Waals surface area contributed by atoms with Gasteiger partial charge in [-0.3, -0.25) is 5.10 Å². The van der Waals surface area contributed by atoms with E-state index in [1.165, 1.54) is 5.56 Å². The van der Waals surface area contributed by atoms with Crippen molar-refractivity contribution in [3.63, 3.8) is 0 Å². The summed E-state index contributed by atoms with van der Waals surface area (Å²) in [4.78, 5) is 0. The molecule has 1 saturated carbocycles. The molecule has 106 valence electrons. The first-order valence-corrected chi connectivity index (χ1v) is 7.61. The second-order valence-corrected chi connectivity index (χ2v) is 6.11. The molecule has 1 aliphatic carbocycles. The van der Waals surface area contributed by atoms with E-state index in [9.17, 15) is 0 Å². The molecule has 4 rings (SSSR count). The van der Waals surface area contributed by atoms with E-state index in [0.717, 1.165) is 34.5 Å². The topological polar surface area (TPSA) is 40.7 Å². The zero-order valence-corrected chi connectivity index (χ0v) is 12.3. The Kier molecular flexibility index (Phi) is 3.08. The molecule has 1 heterocycles. The first-order chi connectivity index (χ1) is 10.3. The van der Waals surface area contributed by atoms with E-state index in [-0.39, 0.29) is 0 Å². The summed E-state index contributed by atoms with van der Waals surface area (Å²) in [5, 5.41) is 12.7. The van der Waals surface area contributed by atoms with Crippen LogP contribution in [0.3, 0.4) is 0 Å². The minimum atomic E-state index is 0.520. The molecule has 0 bridgehead atoms. The standard InChI is InChI=1S/C17H16ClN3/c18-16-4-2-1-3-15(16)12-7-14(8-12)20-13-6-5-11-10-19-21-17(11)9-13/h1-6,9-10,12,14,20H,7-8H2,(H,19,21). The molecule has 0 saturated heterocycles. The first-order valence-electron chi connectivity index (χ1n) is 7.24. The Bertz CT molecular complexity index is 774. The average Bonchev–Trinajstić information content (AvgIpc) is 2.91. The summed E-state index contributed by atoms with van der Waals surface area (Å²) < 4.78 is 0. The number of hydrogen-bond donors (Lipinski definition) is 2. The van der Waals surface area contributed by atoms with Crippen LogP contribution in [0.4, 0.5) is 5.69 Å². The molecule has 0 amide bonds. The van der Waals surface area contributed by atoms with Gasteiger partial charge >= 0.3 is 0 Å². The number of anilines is 1. The van der Waals surface area contributed by atoms with Gasteiger partial charge in [0.2, 0.25) is 0 Å². The summed E-state index contributed by atoms with van der Waals surface area (Å²) in [5.74, 6) is 0.576. The summed E-state index contributed by atoms with van der Waals surface area (Å²) >= 11 is 6.26. The van der Waals surface area contributed by atoms with Gasteiger partial charge in [0.05, 0.1) is 11.7 Å². The van der Waals surface area contributed by atoms with Crippen LogP contribution < -0.4 is 5.32 Å². The molecular formula is C17H16ClN3. The van der Waals surface area contributed by atoms with Crippen molar-refractivity contribution < 1.29 is 0 Å². The minimum absolute atomic E-state index is 0.520. The molecule has 3 nitrogen and oxygen atoms in total. The third kappa shape index (κ3) is 2.38. The Morgan fingerprint density at radius 1 is 1.14 bits per heavy atom. The van der Waals surface area contributed by atoms with E-state index in [2.05, 4.69) is 45.8 Å². The number of hydrogen-bond acceptors (Lipinski definition) is 2. The quantitative estimate of drug-likeness (QED) is 0.743. The zero-order valence-electron chi connectivity index (χ0n) is 11.5. The third-order valence-electron chi connectivity index (χ3n) is 4.30. The van der Waals surface area contributed by atoms with E-state index in [1.54, 1.807) is 0 Å². The second-order valence-electron chi connectivity index (χ2n) is 5.70. The molecule has 0 spiro atoms. The van der Waals surface area contributed by atoms with E-state index in [4.69, 9.17) is 11.6 Å². The van der Waals surface area contributed by atoms with Crippen molar-refractivity contribution >= 4 is 28.2 Å². The highest BCUT2D eigenvalue weighted by atomic mass is 35.5. The number of halogens is 1. The van der Waals surface area contributed by atoms with Crippen molar-refractivity contribution in [2.75, 3.05) is 5.32 Å². The van der Waals surface area contributed by atoms with Crippen LogP contribution in [0.5, 0.6) is 0 Å². The predicted octanol–water partition coefficient (Wildman–Crippen LogP) is 4.57. The summed E-state index contributed by atoms with van der Waals surface area (Å²) in [6.45, 7) is 0. The van der Waals surface area contributed by atoms with E-state index in [0.29, 0.717) is 12.0 Å². The highest BCUT2D eigenvalue weighted by Crippen LogP contribution is 2.41. The van der Waals surface area contributed by atoms with Gasteiger partial charge in [0.25, 0.3) is 0 Å². The first kappa shape index (κ1) is 12.7. The Labute approximate surface area is 128 Å². The van der Waals surface area contributed by atoms with Crippen molar-refractivity contribution in [2.24, 2.45) is 0 Å². The van der Waals surface area contributed by atoms with Gasteiger partial charge in [0.15, 0.2) is 0 Å². The van der Waals surface area contributed by atoms with Gasteiger partial charge in [0.1, 0.15) is 0 Å². The number of nitrogens with zero attached hydrogens (tertiary/aromatic N) is 1. The smallest absolute Gasteiger partial charge is 0.0670 e. The van der Waals surface area contributed by atoms with Crippen molar-refractivity contribution in [1.82, 2.24) is 10.2 Å². The number of fused-ring (bicyclic) bond motifs is 1. The minimum Gasteiger partial charge on any atom is -0.382 e. The molecular weight excluding hydrogens is 282 g/mol. The number of rotatable bonds is 3. The Morgan fingerprint density at radius 3 is 2.86 bits per heavy atom. The number of benzene rings is 2. The van der Waals surface area contributed by atoms with Crippen LogP contribution in [0.2, 0.25) is 5.02 Å². The van der Waals surface area contributed by atoms with Crippen molar-refractivity contribution in [3.8, 4) is 0 Å². The molecule has 2 aromatic carbocycles. The highest BCUT2D eigenvalue weighted by Gasteiger charge is 2.31. The van der Waals surface area contributed by atoms with Crippen LogP contribution in [-0.2, 0) is 0 Å². The van der Waals surface area contributed by atoms with E-state index in [1.807, 2.05) is 18.3 Å². The van der Waals surface area contributed by atoms with Crippen LogP contribution in [0, 0.1) is 0 Å². The fraction of sp³-hybridized carbons (Fsp3) is 0.235. The van der Waals surface area contributed by atoms with Crippen LogP contribution >= 0.6 is 11.6 Å². The zero-order chi connectivity index (χ0) is 14.2. The van der Waals surface area contributed by atoms with E-state index >= 15 is 0 Å². The molecule has 0 radical (unpaired) electrons. The van der Waals surface area contributed by atoms with Gasteiger partial charge in [-0.05, 0) is 48.6 Å². The van der Waals surface area contributed by atoms with Gasteiger partial charge in [-0.25, -0.2) is 0 Å². The lowest BCUT2D eigenvalue weighted by molar-refractivity contribution is 0.374. The lowest BCUT2D eigenvalue weighted by atomic mass is 9.76. The summed E-state index contributed by atoms with van der Waals surface area (Å²) in [5.41, 5.74) is 3.50. The number of aromatic amines is 1. The monoisotopic (exact) mass is 297 g/mol. The Hall–Kier alpha value is -2.00. The van der Waals surface area contributed by atoms with Crippen LogP contribution in [0.25, 0.3) is 10.9 Å². The summed E-state index contributed by atoms with van der Waals surface area (Å²) in [7, 11) is 0. The van der Waals surface area contributed by atoms with Crippen molar-refractivity contribution in [1.29, 1.82) is 0 Å². The molecule has 1 aliphatic rings. The largest absolute Gasteiger partial charge is 0.382 e. The fourth-order valence-electron chi connectivity index (χ4n) is 3.06. The molecule has 0 aliphatic heterocycles. The van der Waals surface area contributed by atoms with Gasteiger partial charge in [0, 0.05) is 22.1 Å². The lowest BCUT2D eigenvalue weighted by Crippen LogP contribution is -2.34. The molecule has 3 aromatic rings. The van der Waals surface area contributed by atoms with Crippen LogP contribution in [-0.4, -0.2) is 16.2 Å². The molecule has 1 fully saturated rings. The van der Waals surface area contributed by atoms with Crippen molar-refractivity contribution in [2.45, 2.75) is 24.8 Å². The number of nitrogens with one attached hydrogen (secondary N) is 2. The molecule has 1 aromatic heterocycles. The number of H-pyrrole nitrogens is 1. The molecule has 0 unspecified atom stereocenters. The van der Waals surface area contributed by atoms with Gasteiger partial charge in [-0.2, -0.15) is 5.10 Å². The third-order valence-corrected chi connectivity index (χ3v) is 4.64. The van der Waals surface area contributed by atoms with Crippen LogP contribution in [0.1, 0.15) is 24.3 Å².